The van der Waals surface area contributed by atoms with Gasteiger partial charge in [0.15, 0.2) is 0 Å². The first-order valence-electron chi connectivity index (χ1n) is 9.04. The van der Waals surface area contributed by atoms with E-state index in [1.54, 1.807) is 18.2 Å². The minimum Gasteiger partial charge on any atom is -0.508 e. The minimum atomic E-state index is -0.261. The van der Waals surface area contributed by atoms with Crippen molar-refractivity contribution in [2.45, 2.75) is 52.4 Å². The summed E-state index contributed by atoms with van der Waals surface area (Å²) in [5.74, 6) is 0.209. The number of carbonyl (C=O) groups excluding carboxylic acids is 1. The second-order valence-electron chi connectivity index (χ2n) is 8.83. The molecule has 0 spiro atoms. The maximum atomic E-state index is 12.2. The number of amides is 1. The molecule has 144 valence electrons. The molecular weight excluding hydrogens is 338 g/mol. The van der Waals surface area contributed by atoms with Gasteiger partial charge in [-0.3, -0.25) is 4.79 Å². The number of rotatable bonds is 3. The molecule has 0 radical (unpaired) electrons. The molecule has 0 heterocycles. The van der Waals surface area contributed by atoms with E-state index < -0.39 is 0 Å². The fourth-order valence-electron chi connectivity index (χ4n) is 2.80. The van der Waals surface area contributed by atoms with Crippen LogP contribution in [0, 0.1) is 0 Å². The van der Waals surface area contributed by atoms with E-state index in [2.05, 4.69) is 46.9 Å². The van der Waals surface area contributed by atoms with Crippen molar-refractivity contribution in [1.82, 2.24) is 0 Å². The van der Waals surface area contributed by atoms with Gasteiger partial charge in [0.1, 0.15) is 11.5 Å². The van der Waals surface area contributed by atoms with Crippen LogP contribution in [0.5, 0.6) is 11.5 Å². The lowest BCUT2D eigenvalue weighted by atomic mass is 9.78. The number of carbonyl (C=O) groups is 1. The maximum absolute atomic E-state index is 12.2. The van der Waals surface area contributed by atoms with Crippen molar-refractivity contribution in [3.63, 3.8) is 0 Å². The Hall–Kier alpha value is -2.75. The van der Waals surface area contributed by atoms with Gasteiger partial charge < -0.3 is 15.5 Å². The third-order valence-corrected chi connectivity index (χ3v) is 4.31. The SMILES string of the molecule is CC(C)(C)c1cc(/C=C\C(=O)Nc2ccc(O)cc2)cc(C(C)(C)C)c1O. The van der Waals surface area contributed by atoms with Gasteiger partial charge in [0.05, 0.1) is 0 Å². The van der Waals surface area contributed by atoms with Crippen LogP contribution in [0.1, 0.15) is 58.2 Å². The van der Waals surface area contributed by atoms with E-state index in [1.807, 2.05) is 12.1 Å². The van der Waals surface area contributed by atoms with E-state index in [4.69, 9.17) is 0 Å². The van der Waals surface area contributed by atoms with Crippen LogP contribution < -0.4 is 5.32 Å². The molecule has 0 aromatic heterocycles. The summed E-state index contributed by atoms with van der Waals surface area (Å²) >= 11 is 0. The van der Waals surface area contributed by atoms with Gasteiger partial charge in [0, 0.05) is 22.9 Å². The van der Waals surface area contributed by atoms with Crippen LogP contribution in [0.15, 0.2) is 42.5 Å². The second-order valence-corrected chi connectivity index (χ2v) is 8.83. The van der Waals surface area contributed by atoms with Gasteiger partial charge in [-0.15, -0.1) is 0 Å². The van der Waals surface area contributed by atoms with Crippen LogP contribution in [0.25, 0.3) is 6.08 Å². The van der Waals surface area contributed by atoms with Crippen molar-refractivity contribution in [2.75, 3.05) is 5.32 Å². The van der Waals surface area contributed by atoms with Gasteiger partial charge in [-0.25, -0.2) is 0 Å². The Morgan fingerprint density at radius 1 is 0.889 bits per heavy atom. The van der Waals surface area contributed by atoms with E-state index in [-0.39, 0.29) is 22.5 Å². The summed E-state index contributed by atoms with van der Waals surface area (Å²) in [4.78, 5) is 12.2. The van der Waals surface area contributed by atoms with Gasteiger partial charge in [0.25, 0.3) is 0 Å². The van der Waals surface area contributed by atoms with Crippen LogP contribution >= 0.6 is 0 Å². The average molecular weight is 367 g/mol. The van der Waals surface area contributed by atoms with Crippen molar-refractivity contribution in [3.8, 4) is 11.5 Å². The van der Waals surface area contributed by atoms with Crippen LogP contribution in [-0.2, 0) is 15.6 Å². The predicted octanol–water partition coefficient (Wildman–Crippen LogP) is 5.34. The van der Waals surface area contributed by atoms with Gasteiger partial charge in [-0.1, -0.05) is 41.5 Å². The Morgan fingerprint density at radius 3 is 1.81 bits per heavy atom. The molecule has 0 aliphatic heterocycles. The van der Waals surface area contributed by atoms with Crippen LogP contribution in [0.3, 0.4) is 0 Å². The predicted molar refractivity (Wildman–Crippen MR) is 111 cm³/mol. The fourth-order valence-corrected chi connectivity index (χ4v) is 2.80. The number of benzene rings is 2. The summed E-state index contributed by atoms with van der Waals surface area (Å²) in [7, 11) is 0. The molecule has 2 rings (SSSR count). The lowest BCUT2D eigenvalue weighted by molar-refractivity contribution is -0.111. The summed E-state index contributed by atoms with van der Waals surface area (Å²) < 4.78 is 0. The summed E-state index contributed by atoms with van der Waals surface area (Å²) in [6.45, 7) is 12.3. The monoisotopic (exact) mass is 367 g/mol. The molecule has 0 unspecified atom stereocenters. The summed E-state index contributed by atoms with van der Waals surface area (Å²) in [5, 5.41) is 22.8. The molecule has 4 nitrogen and oxygen atoms in total. The highest BCUT2D eigenvalue weighted by Crippen LogP contribution is 2.40. The number of anilines is 1. The number of phenolic OH excluding ortho intramolecular Hbond substituents is 2. The van der Waals surface area contributed by atoms with E-state index >= 15 is 0 Å². The molecule has 0 saturated carbocycles. The molecule has 27 heavy (non-hydrogen) atoms. The molecule has 3 N–H and O–H groups in total. The zero-order valence-corrected chi connectivity index (χ0v) is 16.9. The van der Waals surface area contributed by atoms with Crippen molar-refractivity contribution >= 4 is 17.7 Å². The first-order valence-corrected chi connectivity index (χ1v) is 9.04. The van der Waals surface area contributed by atoms with E-state index in [1.165, 1.54) is 18.2 Å². The van der Waals surface area contributed by atoms with Gasteiger partial charge in [0.2, 0.25) is 5.91 Å². The van der Waals surface area contributed by atoms with Crippen molar-refractivity contribution in [2.24, 2.45) is 0 Å². The Labute approximate surface area is 161 Å². The lowest BCUT2D eigenvalue weighted by Crippen LogP contribution is -2.17. The minimum absolute atomic E-state index is 0.150. The highest BCUT2D eigenvalue weighted by atomic mass is 16.3. The zero-order valence-electron chi connectivity index (χ0n) is 16.9. The molecule has 0 saturated heterocycles. The quantitative estimate of drug-likeness (QED) is 0.506. The maximum Gasteiger partial charge on any atom is 0.248 e. The van der Waals surface area contributed by atoms with Crippen LogP contribution in [-0.4, -0.2) is 16.1 Å². The third kappa shape index (κ3) is 5.36. The van der Waals surface area contributed by atoms with Crippen LogP contribution in [0.2, 0.25) is 0 Å². The zero-order chi connectivity index (χ0) is 20.4. The standard InChI is InChI=1S/C23H29NO3/c1-22(2,3)18-13-15(14-19(21(18)27)23(4,5)6)7-12-20(26)24-16-8-10-17(25)11-9-16/h7-14,25,27H,1-6H3,(H,24,26)/b12-7-. The van der Waals surface area contributed by atoms with E-state index in [0.29, 0.717) is 11.4 Å². The van der Waals surface area contributed by atoms with Gasteiger partial charge >= 0.3 is 0 Å². The molecule has 4 heteroatoms. The normalized spacial score (nSPS) is 12.4. The Bertz CT molecular complexity index is 816. The Balaban J connectivity index is 2.33. The molecule has 0 atom stereocenters. The van der Waals surface area contributed by atoms with Crippen LogP contribution in [0.4, 0.5) is 5.69 Å². The molecule has 0 bridgehead atoms. The molecule has 0 aliphatic rings. The first-order chi connectivity index (χ1) is 12.4. The number of hydrogen-bond acceptors (Lipinski definition) is 3. The van der Waals surface area contributed by atoms with Gasteiger partial charge in [-0.2, -0.15) is 0 Å². The van der Waals surface area contributed by atoms with Gasteiger partial charge in [-0.05, 0) is 58.9 Å². The first kappa shape index (κ1) is 20.6. The van der Waals surface area contributed by atoms with Crippen molar-refractivity contribution < 1.29 is 15.0 Å². The largest absolute Gasteiger partial charge is 0.508 e. The number of hydrogen-bond donors (Lipinski definition) is 3. The summed E-state index contributed by atoms with van der Waals surface area (Å²) in [5.41, 5.74) is 2.74. The molecule has 0 fully saturated rings. The summed E-state index contributed by atoms with van der Waals surface area (Å²) in [6.07, 6.45) is 3.22. The highest BCUT2D eigenvalue weighted by molar-refractivity contribution is 6.02. The third-order valence-electron chi connectivity index (χ3n) is 4.31. The fraction of sp³-hybridized carbons (Fsp3) is 0.348. The number of nitrogens with one attached hydrogen (secondary N) is 1. The molecular formula is C23H29NO3. The highest BCUT2D eigenvalue weighted by Gasteiger charge is 2.26. The molecule has 1 amide bonds. The Morgan fingerprint density at radius 2 is 1.37 bits per heavy atom. The second kappa shape index (κ2) is 7.47. The smallest absolute Gasteiger partial charge is 0.248 e. The molecule has 2 aromatic rings. The average Bonchev–Trinajstić information content (AvgIpc) is 2.54. The number of phenols is 2. The van der Waals surface area contributed by atoms with Crippen molar-refractivity contribution in [1.29, 1.82) is 0 Å². The Kier molecular flexibility index (Phi) is 5.69. The molecule has 0 aliphatic carbocycles. The van der Waals surface area contributed by atoms with Crippen molar-refractivity contribution in [3.05, 3.63) is 59.2 Å². The lowest BCUT2D eigenvalue weighted by Gasteiger charge is -2.27. The van der Waals surface area contributed by atoms with E-state index in [9.17, 15) is 15.0 Å². The molecule has 2 aromatic carbocycles. The summed E-state index contributed by atoms with van der Waals surface area (Å²) in [6, 6.07) is 10.2. The number of aromatic hydroxyl groups is 2. The van der Waals surface area contributed by atoms with E-state index in [0.717, 1.165) is 16.7 Å². The topological polar surface area (TPSA) is 69.6 Å².